The van der Waals surface area contributed by atoms with Gasteiger partial charge in [0.05, 0.1) is 11.6 Å². The van der Waals surface area contributed by atoms with Crippen molar-refractivity contribution < 1.29 is 14.3 Å². The first-order valence-corrected chi connectivity index (χ1v) is 9.13. The summed E-state index contributed by atoms with van der Waals surface area (Å²) >= 11 is 1.58. The van der Waals surface area contributed by atoms with E-state index in [2.05, 4.69) is 5.32 Å². The van der Waals surface area contributed by atoms with Crippen molar-refractivity contribution in [1.82, 2.24) is 5.32 Å². The summed E-state index contributed by atoms with van der Waals surface area (Å²) in [5, 5.41) is 4.80. The molecule has 2 aromatic rings. The predicted molar refractivity (Wildman–Crippen MR) is 94.2 cm³/mol. The lowest BCUT2D eigenvalue weighted by atomic mass is 9.90. The van der Waals surface area contributed by atoms with E-state index in [0.717, 1.165) is 24.1 Å². The van der Waals surface area contributed by atoms with Crippen LogP contribution in [0.15, 0.2) is 35.7 Å². The number of thiophene rings is 1. The van der Waals surface area contributed by atoms with Crippen molar-refractivity contribution in [1.29, 1.82) is 0 Å². The third-order valence-electron chi connectivity index (χ3n) is 4.27. The number of amides is 1. The third-order valence-corrected chi connectivity index (χ3v) is 5.32. The maximum absolute atomic E-state index is 12.1. The topological polar surface area (TPSA) is 55.4 Å². The third kappa shape index (κ3) is 4.03. The molecule has 1 amide bonds. The number of benzene rings is 1. The molecule has 0 fully saturated rings. The molecule has 126 valence electrons. The SMILES string of the molecule is C[C@@H](NC(=O)COC(=O)c1ccc2c(c1)CCCC2)c1cccs1. The second kappa shape index (κ2) is 7.62. The van der Waals surface area contributed by atoms with Gasteiger partial charge in [-0.25, -0.2) is 4.79 Å². The summed E-state index contributed by atoms with van der Waals surface area (Å²) in [4.78, 5) is 25.2. The molecule has 1 aliphatic carbocycles. The van der Waals surface area contributed by atoms with Crippen LogP contribution in [0.1, 0.15) is 52.2 Å². The molecule has 0 saturated heterocycles. The lowest BCUT2D eigenvalue weighted by molar-refractivity contribution is -0.124. The summed E-state index contributed by atoms with van der Waals surface area (Å²) in [7, 11) is 0. The Morgan fingerprint density at radius 1 is 1.21 bits per heavy atom. The fourth-order valence-corrected chi connectivity index (χ4v) is 3.70. The van der Waals surface area contributed by atoms with Crippen molar-refractivity contribution >= 4 is 23.2 Å². The van der Waals surface area contributed by atoms with E-state index in [-0.39, 0.29) is 18.6 Å². The van der Waals surface area contributed by atoms with Crippen LogP contribution in [0, 0.1) is 0 Å². The Labute approximate surface area is 145 Å². The Hall–Kier alpha value is -2.14. The molecule has 0 spiro atoms. The first kappa shape index (κ1) is 16.7. The van der Waals surface area contributed by atoms with Crippen LogP contribution in [-0.4, -0.2) is 18.5 Å². The van der Waals surface area contributed by atoms with E-state index in [1.807, 2.05) is 36.6 Å². The summed E-state index contributed by atoms with van der Waals surface area (Å²) < 4.78 is 5.15. The van der Waals surface area contributed by atoms with Gasteiger partial charge < -0.3 is 10.1 Å². The van der Waals surface area contributed by atoms with E-state index in [1.54, 1.807) is 17.4 Å². The molecule has 1 aliphatic rings. The average Bonchev–Trinajstić information content (AvgIpc) is 3.14. The van der Waals surface area contributed by atoms with Crippen LogP contribution in [-0.2, 0) is 22.4 Å². The second-order valence-corrected chi connectivity index (χ2v) is 7.05. The van der Waals surface area contributed by atoms with Crippen LogP contribution < -0.4 is 5.32 Å². The normalized spacial score (nSPS) is 14.5. The number of esters is 1. The van der Waals surface area contributed by atoms with E-state index in [9.17, 15) is 9.59 Å². The van der Waals surface area contributed by atoms with Crippen LogP contribution in [0.3, 0.4) is 0 Å². The van der Waals surface area contributed by atoms with Gasteiger partial charge in [-0.2, -0.15) is 0 Å². The molecule has 0 saturated carbocycles. The summed E-state index contributed by atoms with van der Waals surface area (Å²) in [6, 6.07) is 9.53. The van der Waals surface area contributed by atoms with Gasteiger partial charge in [0.2, 0.25) is 0 Å². The smallest absolute Gasteiger partial charge is 0.338 e. The summed E-state index contributed by atoms with van der Waals surface area (Å²) in [5.74, 6) is -0.732. The summed E-state index contributed by atoms with van der Waals surface area (Å²) in [6.45, 7) is 1.65. The van der Waals surface area contributed by atoms with Crippen LogP contribution in [0.4, 0.5) is 0 Å². The molecular formula is C19H21NO3S. The van der Waals surface area contributed by atoms with E-state index >= 15 is 0 Å². The minimum atomic E-state index is -0.442. The molecule has 0 unspecified atom stereocenters. The zero-order valence-corrected chi connectivity index (χ0v) is 14.5. The predicted octanol–water partition coefficient (Wildman–Crippen LogP) is 3.66. The van der Waals surface area contributed by atoms with Crippen molar-refractivity contribution in [2.45, 2.75) is 38.6 Å². The van der Waals surface area contributed by atoms with Gasteiger partial charge in [-0.3, -0.25) is 4.79 Å². The van der Waals surface area contributed by atoms with Crippen molar-refractivity contribution in [3.05, 3.63) is 57.3 Å². The number of rotatable bonds is 5. The largest absolute Gasteiger partial charge is 0.452 e. The van der Waals surface area contributed by atoms with Gasteiger partial charge in [0.1, 0.15) is 0 Å². The zero-order valence-electron chi connectivity index (χ0n) is 13.7. The number of nitrogens with one attached hydrogen (secondary N) is 1. The van der Waals surface area contributed by atoms with Crippen molar-refractivity contribution in [2.24, 2.45) is 0 Å². The molecule has 1 N–H and O–H groups in total. The van der Waals surface area contributed by atoms with Crippen LogP contribution in [0.5, 0.6) is 0 Å². The summed E-state index contributed by atoms with van der Waals surface area (Å²) in [6.07, 6.45) is 4.46. The van der Waals surface area contributed by atoms with E-state index < -0.39 is 5.97 Å². The lowest BCUT2D eigenvalue weighted by Crippen LogP contribution is -2.30. The first-order valence-electron chi connectivity index (χ1n) is 8.25. The number of carbonyl (C=O) groups is 2. The minimum absolute atomic E-state index is 0.0834. The minimum Gasteiger partial charge on any atom is -0.452 e. The Kier molecular flexibility index (Phi) is 5.30. The fraction of sp³-hybridized carbons (Fsp3) is 0.368. The van der Waals surface area contributed by atoms with Crippen molar-refractivity contribution in [2.75, 3.05) is 6.61 Å². The molecule has 1 aromatic carbocycles. The molecule has 0 radical (unpaired) electrons. The molecule has 24 heavy (non-hydrogen) atoms. The molecular weight excluding hydrogens is 322 g/mol. The van der Waals surface area contributed by atoms with Gasteiger partial charge in [-0.1, -0.05) is 12.1 Å². The van der Waals surface area contributed by atoms with Gasteiger partial charge in [0.15, 0.2) is 6.61 Å². The molecule has 5 heteroatoms. The lowest BCUT2D eigenvalue weighted by Gasteiger charge is -2.16. The second-order valence-electron chi connectivity index (χ2n) is 6.07. The maximum Gasteiger partial charge on any atom is 0.338 e. The number of fused-ring (bicyclic) bond motifs is 1. The van der Waals surface area contributed by atoms with Gasteiger partial charge in [-0.05, 0) is 67.3 Å². The Morgan fingerprint density at radius 3 is 2.75 bits per heavy atom. The standard InChI is InChI=1S/C19H21NO3S/c1-13(17-7-4-10-24-17)20-18(21)12-23-19(22)16-9-8-14-5-2-3-6-15(14)11-16/h4,7-11,13H,2-3,5-6,12H2,1H3,(H,20,21)/t13-/m1/s1. The summed E-state index contributed by atoms with van der Waals surface area (Å²) in [5.41, 5.74) is 3.07. The fourth-order valence-electron chi connectivity index (χ4n) is 2.97. The molecule has 0 aliphatic heterocycles. The van der Waals surface area contributed by atoms with Crippen molar-refractivity contribution in [3.8, 4) is 0 Å². The molecule has 4 nitrogen and oxygen atoms in total. The Bertz CT molecular complexity index is 724. The highest BCUT2D eigenvalue weighted by Crippen LogP contribution is 2.22. The number of ether oxygens (including phenoxy) is 1. The van der Waals surface area contributed by atoms with E-state index in [1.165, 1.54) is 17.5 Å². The Balaban J connectivity index is 1.52. The Morgan fingerprint density at radius 2 is 2.00 bits per heavy atom. The molecule has 1 atom stereocenters. The van der Waals surface area contributed by atoms with Crippen molar-refractivity contribution in [3.63, 3.8) is 0 Å². The highest BCUT2D eigenvalue weighted by atomic mass is 32.1. The van der Waals surface area contributed by atoms with Gasteiger partial charge in [0, 0.05) is 4.88 Å². The monoisotopic (exact) mass is 343 g/mol. The number of carbonyl (C=O) groups excluding carboxylic acids is 2. The van der Waals surface area contributed by atoms with Gasteiger partial charge in [0.25, 0.3) is 5.91 Å². The number of hydrogen-bond donors (Lipinski definition) is 1. The molecule has 3 rings (SSSR count). The van der Waals surface area contributed by atoms with E-state index in [4.69, 9.17) is 4.74 Å². The molecule has 1 aromatic heterocycles. The van der Waals surface area contributed by atoms with Crippen LogP contribution in [0.25, 0.3) is 0 Å². The number of hydrogen-bond acceptors (Lipinski definition) is 4. The van der Waals surface area contributed by atoms with Gasteiger partial charge >= 0.3 is 5.97 Å². The van der Waals surface area contributed by atoms with E-state index in [0.29, 0.717) is 5.56 Å². The maximum atomic E-state index is 12.1. The van der Waals surface area contributed by atoms with Gasteiger partial charge in [-0.15, -0.1) is 11.3 Å². The quantitative estimate of drug-likeness (QED) is 0.843. The zero-order chi connectivity index (χ0) is 16.9. The highest BCUT2D eigenvalue weighted by Gasteiger charge is 2.16. The molecule has 0 bridgehead atoms. The first-order chi connectivity index (χ1) is 11.6. The average molecular weight is 343 g/mol. The number of aryl methyl sites for hydroxylation is 2. The van der Waals surface area contributed by atoms with Crippen LogP contribution in [0.2, 0.25) is 0 Å². The van der Waals surface area contributed by atoms with Crippen LogP contribution >= 0.6 is 11.3 Å². The molecule has 1 heterocycles. The highest BCUT2D eigenvalue weighted by molar-refractivity contribution is 7.10.